The van der Waals surface area contributed by atoms with Crippen molar-refractivity contribution in [3.05, 3.63) is 0 Å². The highest BCUT2D eigenvalue weighted by Crippen LogP contribution is 2.44. The minimum absolute atomic E-state index is 0.0763. The van der Waals surface area contributed by atoms with E-state index < -0.39 is 11.9 Å². The van der Waals surface area contributed by atoms with Gasteiger partial charge >= 0.3 is 5.97 Å². The fourth-order valence-electron chi connectivity index (χ4n) is 1.76. The molecule has 0 heterocycles. The molecule has 0 aromatic heterocycles. The van der Waals surface area contributed by atoms with Crippen molar-refractivity contribution >= 4 is 11.8 Å². The predicted octanol–water partition coefficient (Wildman–Crippen LogP) is 1.32. The third kappa shape index (κ3) is 1.13. The molecule has 1 aliphatic rings. The Morgan fingerprint density at radius 2 is 2.08 bits per heavy atom. The number of carbonyl (C=O) groups excluding carboxylic acids is 1. The lowest BCUT2D eigenvalue weighted by atomic mass is 9.76. The highest BCUT2D eigenvalue weighted by molar-refractivity contribution is 5.90. The van der Waals surface area contributed by atoms with Crippen LogP contribution in [-0.4, -0.2) is 16.9 Å². The molecule has 1 fully saturated rings. The Bertz CT molecular complexity index is 230. The molecule has 0 aliphatic heterocycles. The largest absolute Gasteiger partial charge is 0.481 e. The monoisotopic (exact) mass is 170 g/mol. The van der Waals surface area contributed by atoms with Gasteiger partial charge in [0.25, 0.3) is 0 Å². The lowest BCUT2D eigenvalue weighted by Crippen LogP contribution is -2.29. The van der Waals surface area contributed by atoms with Crippen LogP contribution in [0, 0.1) is 17.3 Å². The van der Waals surface area contributed by atoms with Crippen LogP contribution in [0.3, 0.4) is 0 Å². The summed E-state index contributed by atoms with van der Waals surface area (Å²) in [5.74, 6) is -1.40. The van der Waals surface area contributed by atoms with Crippen LogP contribution in [0.25, 0.3) is 0 Å². The maximum absolute atomic E-state index is 11.2. The van der Waals surface area contributed by atoms with Gasteiger partial charge < -0.3 is 5.11 Å². The van der Waals surface area contributed by atoms with Crippen LogP contribution < -0.4 is 0 Å². The molecule has 1 rings (SSSR count). The van der Waals surface area contributed by atoms with Crippen LogP contribution in [0.15, 0.2) is 0 Å². The average molecular weight is 170 g/mol. The van der Waals surface area contributed by atoms with Gasteiger partial charge in [0.15, 0.2) is 0 Å². The molecule has 0 radical (unpaired) electrons. The second-order valence-electron chi connectivity index (χ2n) is 4.10. The SMILES string of the molecule is CC1C(=O)C[C@@H](C(=O)O)C1(C)C. The van der Waals surface area contributed by atoms with Crippen LogP contribution in [0.2, 0.25) is 0 Å². The first kappa shape index (κ1) is 9.23. The molecule has 0 spiro atoms. The summed E-state index contributed by atoms with van der Waals surface area (Å²) in [6, 6.07) is 0. The minimum Gasteiger partial charge on any atom is -0.481 e. The van der Waals surface area contributed by atoms with Crippen LogP contribution in [0.1, 0.15) is 27.2 Å². The molecule has 68 valence electrons. The number of hydrogen-bond donors (Lipinski definition) is 1. The van der Waals surface area contributed by atoms with Gasteiger partial charge in [-0.15, -0.1) is 0 Å². The number of aliphatic carboxylic acids is 1. The molecule has 0 bridgehead atoms. The molecule has 0 amide bonds. The van der Waals surface area contributed by atoms with E-state index in [2.05, 4.69) is 0 Å². The molecule has 1 saturated carbocycles. The van der Waals surface area contributed by atoms with E-state index in [1.807, 2.05) is 20.8 Å². The lowest BCUT2D eigenvalue weighted by Gasteiger charge is -2.26. The molecular formula is C9H14O3. The van der Waals surface area contributed by atoms with Crippen molar-refractivity contribution in [3.63, 3.8) is 0 Å². The Kier molecular flexibility index (Phi) is 1.98. The Labute approximate surface area is 71.8 Å². The normalized spacial score (nSPS) is 33.8. The fourth-order valence-corrected chi connectivity index (χ4v) is 1.76. The number of carbonyl (C=O) groups is 2. The molecule has 3 nitrogen and oxygen atoms in total. The number of carboxylic acid groups (broad SMARTS) is 1. The first-order valence-electron chi connectivity index (χ1n) is 4.13. The first-order valence-corrected chi connectivity index (χ1v) is 4.13. The molecule has 0 aromatic carbocycles. The summed E-state index contributed by atoms with van der Waals surface area (Å²) in [5, 5.41) is 8.83. The maximum atomic E-state index is 11.2. The van der Waals surface area contributed by atoms with Gasteiger partial charge in [0.2, 0.25) is 0 Å². The second-order valence-corrected chi connectivity index (χ2v) is 4.10. The Hall–Kier alpha value is -0.860. The van der Waals surface area contributed by atoms with Gasteiger partial charge in [-0.05, 0) is 5.41 Å². The summed E-state index contributed by atoms with van der Waals surface area (Å²) in [5.41, 5.74) is -0.386. The zero-order valence-electron chi connectivity index (χ0n) is 7.63. The van der Waals surface area contributed by atoms with Gasteiger partial charge in [-0.2, -0.15) is 0 Å². The Balaban J connectivity index is 2.95. The van der Waals surface area contributed by atoms with Gasteiger partial charge in [-0.25, -0.2) is 0 Å². The summed E-state index contributed by atoms with van der Waals surface area (Å²) in [6.45, 7) is 5.51. The van der Waals surface area contributed by atoms with Crippen LogP contribution in [-0.2, 0) is 9.59 Å². The highest BCUT2D eigenvalue weighted by Gasteiger charge is 2.49. The van der Waals surface area contributed by atoms with E-state index in [-0.39, 0.29) is 23.5 Å². The third-order valence-electron chi connectivity index (χ3n) is 3.20. The standard InChI is InChI=1S/C9H14O3/c1-5-7(10)4-6(8(11)12)9(5,2)3/h5-6H,4H2,1-3H3,(H,11,12)/t5?,6-/m0/s1. The summed E-state index contributed by atoms with van der Waals surface area (Å²) < 4.78 is 0. The third-order valence-corrected chi connectivity index (χ3v) is 3.20. The van der Waals surface area contributed by atoms with E-state index >= 15 is 0 Å². The van der Waals surface area contributed by atoms with Crippen molar-refractivity contribution in [2.75, 3.05) is 0 Å². The molecule has 3 heteroatoms. The van der Waals surface area contributed by atoms with Gasteiger partial charge in [0.05, 0.1) is 5.92 Å². The van der Waals surface area contributed by atoms with Crippen molar-refractivity contribution in [1.82, 2.24) is 0 Å². The Morgan fingerprint density at radius 1 is 1.58 bits per heavy atom. The van der Waals surface area contributed by atoms with E-state index in [1.165, 1.54) is 0 Å². The minimum atomic E-state index is -0.849. The molecule has 1 unspecified atom stereocenters. The highest BCUT2D eigenvalue weighted by atomic mass is 16.4. The summed E-state index contributed by atoms with van der Waals surface area (Å²) >= 11 is 0. The van der Waals surface area contributed by atoms with Gasteiger partial charge in [-0.1, -0.05) is 20.8 Å². The van der Waals surface area contributed by atoms with Crippen molar-refractivity contribution in [1.29, 1.82) is 0 Å². The van der Waals surface area contributed by atoms with Gasteiger partial charge in [0.1, 0.15) is 5.78 Å². The lowest BCUT2D eigenvalue weighted by molar-refractivity contribution is -0.145. The van der Waals surface area contributed by atoms with Crippen LogP contribution in [0.5, 0.6) is 0 Å². The number of Topliss-reactive ketones (excluding diaryl/α,β-unsaturated/α-hetero) is 1. The summed E-state index contributed by atoms with van der Waals surface area (Å²) in [7, 11) is 0. The summed E-state index contributed by atoms with van der Waals surface area (Å²) in [6.07, 6.45) is 0.198. The molecule has 1 aliphatic carbocycles. The molecular weight excluding hydrogens is 156 g/mol. The van der Waals surface area contributed by atoms with E-state index in [4.69, 9.17) is 5.11 Å². The number of rotatable bonds is 1. The predicted molar refractivity (Wildman–Crippen MR) is 43.7 cm³/mol. The maximum Gasteiger partial charge on any atom is 0.307 e. The van der Waals surface area contributed by atoms with Crippen molar-refractivity contribution in [2.45, 2.75) is 27.2 Å². The number of hydrogen-bond acceptors (Lipinski definition) is 2. The van der Waals surface area contributed by atoms with Crippen molar-refractivity contribution < 1.29 is 14.7 Å². The number of ketones is 1. The van der Waals surface area contributed by atoms with Gasteiger partial charge in [0, 0.05) is 12.3 Å². The van der Waals surface area contributed by atoms with Crippen LogP contribution in [0.4, 0.5) is 0 Å². The fraction of sp³-hybridized carbons (Fsp3) is 0.778. The number of carboxylic acids is 1. The molecule has 0 saturated heterocycles. The topological polar surface area (TPSA) is 54.4 Å². The molecule has 12 heavy (non-hydrogen) atoms. The molecule has 2 atom stereocenters. The zero-order chi connectivity index (χ0) is 9.52. The zero-order valence-corrected chi connectivity index (χ0v) is 7.63. The second kappa shape index (κ2) is 2.57. The van der Waals surface area contributed by atoms with Crippen LogP contribution >= 0.6 is 0 Å². The molecule has 0 aromatic rings. The van der Waals surface area contributed by atoms with Crippen molar-refractivity contribution in [2.24, 2.45) is 17.3 Å². The quantitative estimate of drug-likeness (QED) is 0.645. The van der Waals surface area contributed by atoms with E-state index in [0.29, 0.717) is 0 Å². The Morgan fingerprint density at radius 3 is 2.25 bits per heavy atom. The molecule has 1 N–H and O–H groups in total. The smallest absolute Gasteiger partial charge is 0.307 e. The van der Waals surface area contributed by atoms with Crippen molar-refractivity contribution in [3.8, 4) is 0 Å². The van der Waals surface area contributed by atoms with E-state index in [9.17, 15) is 9.59 Å². The average Bonchev–Trinajstić information content (AvgIpc) is 2.13. The first-order chi connectivity index (χ1) is 5.37. The van der Waals surface area contributed by atoms with E-state index in [0.717, 1.165) is 0 Å². The van der Waals surface area contributed by atoms with E-state index in [1.54, 1.807) is 0 Å². The van der Waals surface area contributed by atoms with Gasteiger partial charge in [-0.3, -0.25) is 9.59 Å². The summed E-state index contributed by atoms with van der Waals surface area (Å²) in [4.78, 5) is 22.0.